The lowest BCUT2D eigenvalue weighted by Gasteiger charge is -2.26. The third kappa shape index (κ3) is 4.77. The molecule has 5 rings (SSSR count). The normalized spacial score (nSPS) is 16.7. The highest BCUT2D eigenvalue weighted by Gasteiger charge is 2.46. The highest BCUT2D eigenvalue weighted by molar-refractivity contribution is 6.47. The molecule has 8 nitrogen and oxygen atoms in total. The lowest BCUT2D eigenvalue weighted by Crippen LogP contribution is -2.31. The Balaban J connectivity index is 1.60. The average Bonchev–Trinajstić information content (AvgIpc) is 3.44. The molecule has 10 heteroatoms. The molecule has 1 fully saturated rings. The number of rotatable bonds is 7. The molecule has 3 N–H and O–H groups in total. The number of nitrogens with one attached hydrogen (secondary N) is 1. The highest BCUT2D eigenvalue weighted by Crippen LogP contribution is 2.43. The van der Waals surface area contributed by atoms with Crippen LogP contribution >= 0.6 is 23.2 Å². The van der Waals surface area contributed by atoms with Crippen molar-refractivity contribution in [3.63, 3.8) is 0 Å². The molecule has 0 aliphatic carbocycles. The second-order valence-corrected chi connectivity index (χ2v) is 9.87. The zero-order valence-electron chi connectivity index (χ0n) is 21.0. The van der Waals surface area contributed by atoms with Gasteiger partial charge in [-0.05, 0) is 66.1 Å². The fourth-order valence-electron chi connectivity index (χ4n) is 4.88. The van der Waals surface area contributed by atoms with Gasteiger partial charge in [0.2, 0.25) is 0 Å². The maximum absolute atomic E-state index is 13.4. The third-order valence-electron chi connectivity index (χ3n) is 6.84. The molecule has 0 radical (unpaired) electrons. The van der Waals surface area contributed by atoms with Crippen molar-refractivity contribution >= 4 is 51.6 Å². The standard InChI is InChI=1S/C29H24Cl2N2O6/c1-38-18-5-7-22-20(13-18)16(14-32-22)9-10-33-26(15-3-8-23(34)24(11-15)39-2)25(28(36)29(33)37)27(35)19-6-4-17(30)12-21(19)31/h3-8,11-14,26,32,34-35H,9-10H2,1-2H3/t26-/m0/s1. The number of aliphatic hydroxyl groups excluding tert-OH is 1. The Hall–Kier alpha value is -4.14. The predicted octanol–water partition coefficient (Wildman–Crippen LogP) is 5.86. The molecular formula is C29H24Cl2N2O6. The van der Waals surface area contributed by atoms with E-state index in [0.717, 1.165) is 16.5 Å². The fraction of sp³-hybridized carbons (Fsp3) is 0.172. The largest absolute Gasteiger partial charge is 0.507 e. The van der Waals surface area contributed by atoms with Crippen molar-refractivity contribution < 1.29 is 29.3 Å². The van der Waals surface area contributed by atoms with Gasteiger partial charge in [0.05, 0.1) is 30.9 Å². The Morgan fingerprint density at radius 1 is 1.03 bits per heavy atom. The minimum atomic E-state index is -0.967. The lowest BCUT2D eigenvalue weighted by molar-refractivity contribution is -0.139. The predicted molar refractivity (Wildman–Crippen MR) is 149 cm³/mol. The minimum absolute atomic E-state index is 0.105. The second kappa shape index (κ2) is 10.6. The van der Waals surface area contributed by atoms with Crippen molar-refractivity contribution in [1.82, 2.24) is 9.88 Å². The highest BCUT2D eigenvalue weighted by atomic mass is 35.5. The number of fused-ring (bicyclic) bond motifs is 1. The van der Waals surface area contributed by atoms with Gasteiger partial charge in [0.15, 0.2) is 11.5 Å². The van der Waals surface area contributed by atoms with E-state index in [1.165, 1.54) is 42.3 Å². The van der Waals surface area contributed by atoms with E-state index >= 15 is 0 Å². The monoisotopic (exact) mass is 566 g/mol. The van der Waals surface area contributed by atoms with Crippen LogP contribution in [0.15, 0.2) is 66.4 Å². The number of phenols is 1. The van der Waals surface area contributed by atoms with Gasteiger partial charge in [0.1, 0.15) is 11.5 Å². The molecule has 4 aromatic rings. The minimum Gasteiger partial charge on any atom is -0.507 e. The number of ether oxygens (including phenoxy) is 2. The molecule has 39 heavy (non-hydrogen) atoms. The number of aromatic amines is 1. The molecular weight excluding hydrogens is 543 g/mol. The SMILES string of the molecule is COc1ccc2[nH]cc(CCN3C(=O)C(=O)C(=C(O)c4ccc(Cl)cc4Cl)[C@@H]3c3ccc(O)c(OC)c3)c2c1. The van der Waals surface area contributed by atoms with Gasteiger partial charge in [-0.25, -0.2) is 0 Å². The van der Waals surface area contributed by atoms with Gasteiger partial charge in [-0.2, -0.15) is 0 Å². The molecule has 1 aromatic heterocycles. The van der Waals surface area contributed by atoms with Gasteiger partial charge in [-0.15, -0.1) is 0 Å². The van der Waals surface area contributed by atoms with E-state index in [0.29, 0.717) is 22.8 Å². The van der Waals surface area contributed by atoms with Crippen LogP contribution in [-0.4, -0.2) is 52.6 Å². The molecule has 3 aromatic carbocycles. The van der Waals surface area contributed by atoms with Crippen LogP contribution in [0.1, 0.15) is 22.7 Å². The van der Waals surface area contributed by atoms with Crippen LogP contribution in [0, 0.1) is 0 Å². The van der Waals surface area contributed by atoms with Gasteiger partial charge in [-0.3, -0.25) is 9.59 Å². The molecule has 0 unspecified atom stereocenters. The second-order valence-electron chi connectivity index (χ2n) is 9.02. The van der Waals surface area contributed by atoms with Crippen molar-refractivity contribution in [2.24, 2.45) is 0 Å². The van der Waals surface area contributed by atoms with Crippen LogP contribution in [0.2, 0.25) is 10.0 Å². The number of Topliss-reactive ketones (excluding diaryl/α,β-unsaturated/α-hetero) is 1. The van der Waals surface area contributed by atoms with Crippen LogP contribution in [0.3, 0.4) is 0 Å². The number of amides is 1. The smallest absolute Gasteiger partial charge is 0.295 e. The molecule has 2 heterocycles. The van der Waals surface area contributed by atoms with E-state index < -0.39 is 23.5 Å². The zero-order valence-corrected chi connectivity index (χ0v) is 22.5. The van der Waals surface area contributed by atoms with Crippen molar-refractivity contribution in [3.8, 4) is 17.2 Å². The van der Waals surface area contributed by atoms with E-state index in [1.807, 2.05) is 24.4 Å². The van der Waals surface area contributed by atoms with Crippen LogP contribution in [0.4, 0.5) is 0 Å². The van der Waals surface area contributed by atoms with Gasteiger partial charge >= 0.3 is 0 Å². The van der Waals surface area contributed by atoms with Crippen LogP contribution in [0.25, 0.3) is 16.7 Å². The number of ketones is 1. The molecule has 200 valence electrons. The average molecular weight is 567 g/mol. The number of H-pyrrole nitrogens is 1. The molecule has 1 aliphatic heterocycles. The number of aliphatic hydroxyl groups is 1. The van der Waals surface area contributed by atoms with Crippen LogP contribution < -0.4 is 9.47 Å². The summed E-state index contributed by atoms with van der Waals surface area (Å²) in [5, 5.41) is 22.9. The van der Waals surface area contributed by atoms with E-state index in [2.05, 4.69) is 4.98 Å². The number of nitrogens with zero attached hydrogens (tertiary/aromatic N) is 1. The lowest BCUT2D eigenvalue weighted by atomic mass is 9.94. The maximum Gasteiger partial charge on any atom is 0.295 e. The van der Waals surface area contributed by atoms with Crippen molar-refractivity contribution in [3.05, 3.63) is 93.1 Å². The Kier molecular flexibility index (Phi) is 7.16. The summed E-state index contributed by atoms with van der Waals surface area (Å²) < 4.78 is 10.6. The number of phenolic OH excluding ortho intramolecular Hbond substituents is 1. The first-order valence-corrected chi connectivity index (χ1v) is 12.7. The Bertz CT molecular complexity index is 1640. The van der Waals surface area contributed by atoms with Crippen LogP contribution in [-0.2, 0) is 16.0 Å². The number of benzene rings is 3. The summed E-state index contributed by atoms with van der Waals surface area (Å²) in [5.41, 5.74) is 2.34. The summed E-state index contributed by atoms with van der Waals surface area (Å²) in [4.78, 5) is 31.4. The van der Waals surface area contributed by atoms with Gasteiger partial charge in [-0.1, -0.05) is 29.3 Å². The molecule has 0 saturated carbocycles. The maximum atomic E-state index is 13.4. The summed E-state index contributed by atoms with van der Waals surface area (Å²) >= 11 is 12.4. The third-order valence-corrected chi connectivity index (χ3v) is 7.39. The van der Waals surface area contributed by atoms with E-state index in [1.54, 1.807) is 13.2 Å². The number of hydrogen-bond acceptors (Lipinski definition) is 6. The van der Waals surface area contributed by atoms with Crippen molar-refractivity contribution in [1.29, 1.82) is 0 Å². The van der Waals surface area contributed by atoms with Crippen molar-refractivity contribution in [2.75, 3.05) is 20.8 Å². The number of likely N-dealkylation sites (tertiary alicyclic amines) is 1. The number of halogens is 2. The van der Waals surface area contributed by atoms with Gasteiger partial charge in [0, 0.05) is 34.2 Å². The van der Waals surface area contributed by atoms with Gasteiger partial charge < -0.3 is 29.6 Å². The number of hydrogen-bond donors (Lipinski definition) is 3. The molecule has 0 bridgehead atoms. The van der Waals surface area contributed by atoms with E-state index in [-0.39, 0.29) is 34.2 Å². The Morgan fingerprint density at radius 3 is 2.54 bits per heavy atom. The molecule has 1 aliphatic rings. The number of aromatic hydroxyl groups is 1. The van der Waals surface area contributed by atoms with E-state index in [9.17, 15) is 19.8 Å². The number of methoxy groups -OCH3 is 2. The molecule has 1 amide bonds. The molecule has 1 saturated heterocycles. The number of carbonyl (C=O) groups is 2. The van der Waals surface area contributed by atoms with E-state index in [4.69, 9.17) is 32.7 Å². The quantitative estimate of drug-likeness (QED) is 0.147. The summed E-state index contributed by atoms with van der Waals surface area (Å²) in [7, 11) is 2.99. The first kappa shape index (κ1) is 26.5. The topological polar surface area (TPSA) is 112 Å². The number of carbonyl (C=O) groups excluding carboxylic acids is 2. The summed E-state index contributed by atoms with van der Waals surface area (Å²) in [6.45, 7) is 0.160. The van der Waals surface area contributed by atoms with Crippen LogP contribution in [0.5, 0.6) is 17.2 Å². The molecule has 0 spiro atoms. The van der Waals surface area contributed by atoms with Gasteiger partial charge in [0.25, 0.3) is 11.7 Å². The van der Waals surface area contributed by atoms with Crippen molar-refractivity contribution in [2.45, 2.75) is 12.5 Å². The summed E-state index contributed by atoms with van der Waals surface area (Å²) in [5.74, 6) is -1.29. The first-order chi connectivity index (χ1) is 18.7. The number of aromatic nitrogens is 1. The zero-order chi connectivity index (χ0) is 27.8. The Labute approximate surface area is 234 Å². The summed E-state index contributed by atoms with van der Waals surface area (Å²) in [6, 6.07) is 13.7. The summed E-state index contributed by atoms with van der Waals surface area (Å²) in [6.07, 6.45) is 2.26. The first-order valence-electron chi connectivity index (χ1n) is 12.0. The Morgan fingerprint density at radius 2 is 1.82 bits per heavy atom. The fourth-order valence-corrected chi connectivity index (χ4v) is 5.38. The molecule has 1 atom stereocenters.